The number of hydrogen-bond donors (Lipinski definition) is 0. The van der Waals surface area contributed by atoms with Crippen molar-refractivity contribution in [3.05, 3.63) is 94.5 Å². The number of Topliss-reactive ketones (excluding diaryl/α,β-unsaturated/α-hetero) is 1. The minimum atomic E-state index is -0.639. The molecule has 4 aromatic rings. The van der Waals surface area contributed by atoms with Crippen molar-refractivity contribution in [2.75, 3.05) is 11.5 Å². The van der Waals surface area contributed by atoms with E-state index in [1.807, 2.05) is 18.2 Å². The Morgan fingerprint density at radius 2 is 1.59 bits per heavy atom. The molecular weight excluding hydrogens is 584 g/mol. The van der Waals surface area contributed by atoms with Gasteiger partial charge in [0.25, 0.3) is 0 Å². The molecule has 1 aliphatic heterocycles. The predicted octanol–water partition coefficient (Wildman–Crippen LogP) is 6.24. The third-order valence-electron chi connectivity index (χ3n) is 8.76. The molecule has 2 amide bonds. The number of ether oxygens (including phenoxy) is 1. The largest absolute Gasteiger partial charge is 0.454 e. The number of ketones is 1. The second kappa shape index (κ2) is 10.0. The number of imide groups is 1. The molecule has 2 bridgehead atoms. The number of fused-ring (bicyclic) bond motifs is 6. The second-order valence-electron chi connectivity index (χ2n) is 11.0. The van der Waals surface area contributed by atoms with Crippen LogP contribution in [0.4, 0.5) is 5.69 Å². The standard InChI is InChI=1S/C33H25BrN2O5/c34-22-12-10-18(11-13-22)28(37)17-41-33(40)25-16-27(35-26-7-2-1-6-24(25)26)19-4-3-5-23(15-19)36-31(38)29-20-8-9-21(14-20)30(29)32(36)39/h1-7,10-13,15-16,20-21,29-30H,8-9,14,17H2/t20-,21-,29-,30-/m0/s1. The Kier molecular flexibility index (Phi) is 6.31. The van der Waals surface area contributed by atoms with Gasteiger partial charge in [0, 0.05) is 21.0 Å². The topological polar surface area (TPSA) is 93.6 Å². The average Bonchev–Trinajstić information content (AvgIpc) is 3.69. The number of nitrogens with zero attached hydrogens (tertiary/aromatic N) is 2. The second-order valence-corrected chi connectivity index (χ2v) is 11.9. The highest BCUT2D eigenvalue weighted by Gasteiger charge is 2.61. The summed E-state index contributed by atoms with van der Waals surface area (Å²) in [6, 6.07) is 22.9. The number of carbonyl (C=O) groups excluding carboxylic acids is 4. The van der Waals surface area contributed by atoms with Gasteiger partial charge in [-0.3, -0.25) is 19.3 Å². The Morgan fingerprint density at radius 1 is 0.878 bits per heavy atom. The fraction of sp³-hybridized carbons (Fsp3) is 0.242. The van der Waals surface area contributed by atoms with E-state index < -0.39 is 12.6 Å². The molecule has 3 aromatic carbocycles. The SMILES string of the molecule is O=C(COC(=O)c1cc(-c2cccc(N3C(=O)[C@H]4[C@H]5CC[C@@H](C5)[C@@H]4C3=O)c2)nc2ccccc12)c1ccc(Br)cc1. The molecular formula is C33H25BrN2O5. The molecule has 1 aromatic heterocycles. The summed E-state index contributed by atoms with van der Waals surface area (Å²) in [5, 5.41) is 0.599. The molecule has 0 N–H and O–H groups in total. The van der Waals surface area contributed by atoms with Crippen LogP contribution in [0.3, 0.4) is 0 Å². The molecule has 8 heteroatoms. The van der Waals surface area contributed by atoms with Gasteiger partial charge in [0.05, 0.1) is 34.3 Å². The number of aromatic nitrogens is 1. The van der Waals surface area contributed by atoms with E-state index in [0.29, 0.717) is 45.2 Å². The quantitative estimate of drug-likeness (QED) is 0.146. The number of carbonyl (C=O) groups is 4. The smallest absolute Gasteiger partial charge is 0.339 e. The number of rotatable bonds is 6. The Labute approximate surface area is 244 Å². The van der Waals surface area contributed by atoms with E-state index in [1.165, 1.54) is 4.90 Å². The summed E-state index contributed by atoms with van der Waals surface area (Å²) in [5.41, 5.74) is 2.98. The van der Waals surface area contributed by atoms with E-state index in [2.05, 4.69) is 15.9 Å². The number of amides is 2. The summed E-state index contributed by atoms with van der Waals surface area (Å²) >= 11 is 3.35. The third kappa shape index (κ3) is 4.37. The maximum Gasteiger partial charge on any atom is 0.339 e. The first-order chi connectivity index (χ1) is 19.9. The Hall–Kier alpha value is -4.17. The molecule has 0 spiro atoms. The van der Waals surface area contributed by atoms with Crippen molar-refractivity contribution >= 4 is 56.1 Å². The third-order valence-corrected chi connectivity index (χ3v) is 9.29. The van der Waals surface area contributed by atoms with Gasteiger partial charge in [-0.15, -0.1) is 0 Å². The van der Waals surface area contributed by atoms with Crippen LogP contribution in [0.1, 0.15) is 40.0 Å². The number of benzene rings is 3. The van der Waals surface area contributed by atoms with E-state index in [9.17, 15) is 19.2 Å². The van der Waals surface area contributed by atoms with Crippen LogP contribution in [-0.4, -0.2) is 35.2 Å². The van der Waals surface area contributed by atoms with Gasteiger partial charge in [0.15, 0.2) is 12.4 Å². The van der Waals surface area contributed by atoms with Crippen LogP contribution >= 0.6 is 15.9 Å². The molecule has 4 atom stereocenters. The van der Waals surface area contributed by atoms with Crippen LogP contribution < -0.4 is 4.90 Å². The van der Waals surface area contributed by atoms with Crippen molar-refractivity contribution in [1.82, 2.24) is 4.98 Å². The van der Waals surface area contributed by atoms with Gasteiger partial charge in [-0.2, -0.15) is 0 Å². The zero-order chi connectivity index (χ0) is 28.2. The van der Waals surface area contributed by atoms with Gasteiger partial charge in [-0.1, -0.05) is 58.4 Å². The number of halogens is 1. The first-order valence-electron chi connectivity index (χ1n) is 13.7. The summed E-state index contributed by atoms with van der Waals surface area (Å²) in [4.78, 5) is 58.8. The highest BCUT2D eigenvalue weighted by atomic mass is 79.9. The Bertz CT molecular complexity index is 1720. The summed E-state index contributed by atoms with van der Waals surface area (Å²) in [5.74, 6) is -0.946. The molecule has 7 rings (SSSR count). The van der Waals surface area contributed by atoms with Crippen LogP contribution in [-0.2, 0) is 14.3 Å². The molecule has 7 nitrogen and oxygen atoms in total. The van der Waals surface area contributed by atoms with Crippen LogP contribution in [0.15, 0.2) is 83.3 Å². The van der Waals surface area contributed by atoms with Gasteiger partial charge in [0.1, 0.15) is 0 Å². The predicted molar refractivity (Wildman–Crippen MR) is 156 cm³/mol. The summed E-state index contributed by atoms with van der Waals surface area (Å²) in [6.07, 6.45) is 3.02. The van der Waals surface area contributed by atoms with Gasteiger partial charge < -0.3 is 4.74 Å². The lowest BCUT2D eigenvalue weighted by Crippen LogP contribution is -2.32. The number of esters is 1. The molecule has 2 saturated carbocycles. The highest BCUT2D eigenvalue weighted by Crippen LogP contribution is 2.56. The molecule has 41 heavy (non-hydrogen) atoms. The first-order valence-corrected chi connectivity index (χ1v) is 14.5. The van der Waals surface area contributed by atoms with Crippen molar-refractivity contribution < 1.29 is 23.9 Å². The fourth-order valence-electron chi connectivity index (χ4n) is 6.89. The average molecular weight is 609 g/mol. The lowest BCUT2D eigenvalue weighted by Gasteiger charge is -2.19. The van der Waals surface area contributed by atoms with Crippen LogP contribution in [0.2, 0.25) is 0 Å². The van der Waals surface area contributed by atoms with Crippen molar-refractivity contribution in [3.8, 4) is 11.3 Å². The summed E-state index contributed by atoms with van der Waals surface area (Å²) in [6.45, 7) is -0.397. The van der Waals surface area contributed by atoms with E-state index in [0.717, 1.165) is 23.7 Å². The van der Waals surface area contributed by atoms with Crippen molar-refractivity contribution in [1.29, 1.82) is 0 Å². The van der Waals surface area contributed by atoms with Crippen molar-refractivity contribution in [3.63, 3.8) is 0 Å². The van der Waals surface area contributed by atoms with Crippen LogP contribution in [0.25, 0.3) is 22.2 Å². The van der Waals surface area contributed by atoms with Crippen LogP contribution in [0, 0.1) is 23.7 Å². The minimum absolute atomic E-state index is 0.101. The maximum absolute atomic E-state index is 13.4. The lowest BCUT2D eigenvalue weighted by atomic mass is 9.81. The fourth-order valence-corrected chi connectivity index (χ4v) is 7.15. The number of pyridine rings is 1. The first kappa shape index (κ1) is 25.8. The monoisotopic (exact) mass is 608 g/mol. The van der Waals surface area contributed by atoms with Gasteiger partial charge in [0.2, 0.25) is 11.8 Å². The molecule has 204 valence electrons. The summed E-state index contributed by atoms with van der Waals surface area (Å²) in [7, 11) is 0. The molecule has 0 unspecified atom stereocenters. The zero-order valence-electron chi connectivity index (χ0n) is 22.0. The number of para-hydroxylation sites is 1. The Morgan fingerprint density at radius 3 is 2.32 bits per heavy atom. The molecule has 0 radical (unpaired) electrons. The van der Waals surface area contributed by atoms with E-state index in [1.54, 1.807) is 60.7 Å². The molecule has 3 aliphatic rings. The lowest BCUT2D eigenvalue weighted by molar-refractivity contribution is -0.123. The Balaban J connectivity index is 1.19. The van der Waals surface area contributed by atoms with Gasteiger partial charge in [-0.05, 0) is 67.5 Å². The van der Waals surface area contributed by atoms with Crippen LogP contribution in [0.5, 0.6) is 0 Å². The van der Waals surface area contributed by atoms with E-state index in [4.69, 9.17) is 9.72 Å². The van der Waals surface area contributed by atoms with Crippen molar-refractivity contribution in [2.45, 2.75) is 19.3 Å². The van der Waals surface area contributed by atoms with Gasteiger partial charge >= 0.3 is 5.97 Å². The van der Waals surface area contributed by atoms with E-state index >= 15 is 0 Å². The summed E-state index contributed by atoms with van der Waals surface area (Å²) < 4.78 is 6.30. The van der Waals surface area contributed by atoms with Crippen molar-refractivity contribution in [2.24, 2.45) is 23.7 Å². The molecule has 2 aliphatic carbocycles. The molecule has 1 saturated heterocycles. The maximum atomic E-state index is 13.4. The molecule has 3 fully saturated rings. The van der Waals surface area contributed by atoms with Gasteiger partial charge in [-0.25, -0.2) is 9.78 Å². The number of hydrogen-bond acceptors (Lipinski definition) is 6. The highest BCUT2D eigenvalue weighted by molar-refractivity contribution is 9.10. The minimum Gasteiger partial charge on any atom is -0.454 e. The zero-order valence-corrected chi connectivity index (χ0v) is 23.5. The molecule has 2 heterocycles. The normalized spacial score (nSPS) is 22.8. The number of anilines is 1. The van der Waals surface area contributed by atoms with E-state index in [-0.39, 0.29) is 35.0 Å².